The van der Waals surface area contributed by atoms with Crippen LogP contribution >= 0.6 is 12.2 Å². The van der Waals surface area contributed by atoms with Gasteiger partial charge in [-0.1, -0.05) is 29.8 Å². The smallest absolute Gasteiger partial charge is 0.169 e. The molecule has 1 N–H and O–H groups in total. The van der Waals surface area contributed by atoms with Gasteiger partial charge in [-0.2, -0.15) is 0 Å². The Morgan fingerprint density at radius 3 is 2.65 bits per heavy atom. The number of thiocarbonyl (C=S) groups is 1. The summed E-state index contributed by atoms with van der Waals surface area (Å²) in [6, 6.07) is 13.2. The van der Waals surface area contributed by atoms with Crippen LogP contribution < -0.4 is 5.32 Å². The van der Waals surface area contributed by atoms with Gasteiger partial charge in [-0.25, -0.2) is 0 Å². The number of aromatic nitrogens is 1. The standard InChI is InChI=1S/C16H19N3S/c1-12-5-7-13(8-6-12)15-14-4-3-9-18(14)10-11-19(15)16(20)17-2/h3-9,15H,10-11H2,1-2H3,(H,17,20)/t15-/m0/s1. The monoisotopic (exact) mass is 285 g/mol. The van der Waals surface area contributed by atoms with Crippen molar-refractivity contribution in [3.63, 3.8) is 0 Å². The predicted octanol–water partition coefficient (Wildman–Crippen LogP) is 2.71. The molecule has 1 aliphatic rings. The number of nitrogens with one attached hydrogen (secondary N) is 1. The first-order chi connectivity index (χ1) is 9.70. The topological polar surface area (TPSA) is 20.2 Å². The first-order valence-electron chi connectivity index (χ1n) is 6.90. The minimum Gasteiger partial charge on any atom is -0.366 e. The summed E-state index contributed by atoms with van der Waals surface area (Å²) in [6.07, 6.45) is 2.15. The van der Waals surface area contributed by atoms with Crippen molar-refractivity contribution >= 4 is 17.3 Å². The van der Waals surface area contributed by atoms with Crippen LogP contribution in [0.5, 0.6) is 0 Å². The maximum atomic E-state index is 5.49. The van der Waals surface area contributed by atoms with Crippen molar-refractivity contribution in [1.82, 2.24) is 14.8 Å². The van der Waals surface area contributed by atoms with Crippen LogP contribution in [0.1, 0.15) is 22.9 Å². The van der Waals surface area contributed by atoms with Gasteiger partial charge >= 0.3 is 0 Å². The number of benzene rings is 1. The van der Waals surface area contributed by atoms with Gasteiger partial charge in [0.1, 0.15) is 0 Å². The SMILES string of the molecule is CNC(=S)N1CCn2cccc2[C@@H]1c1ccc(C)cc1. The largest absolute Gasteiger partial charge is 0.366 e. The number of aryl methyl sites for hydroxylation is 1. The number of nitrogens with zero attached hydrogens (tertiary/aromatic N) is 2. The fourth-order valence-electron chi connectivity index (χ4n) is 2.85. The highest BCUT2D eigenvalue weighted by atomic mass is 32.1. The van der Waals surface area contributed by atoms with Crippen LogP contribution in [-0.4, -0.2) is 28.2 Å². The van der Waals surface area contributed by atoms with Crippen LogP contribution in [0.25, 0.3) is 0 Å². The van der Waals surface area contributed by atoms with E-state index in [4.69, 9.17) is 12.2 Å². The van der Waals surface area contributed by atoms with Gasteiger partial charge in [-0.15, -0.1) is 0 Å². The molecule has 104 valence electrons. The normalized spacial score (nSPS) is 17.7. The zero-order valence-corrected chi connectivity index (χ0v) is 12.7. The van der Waals surface area contributed by atoms with E-state index in [0.717, 1.165) is 18.2 Å². The van der Waals surface area contributed by atoms with Crippen LogP contribution in [0.2, 0.25) is 0 Å². The molecule has 1 aromatic heterocycles. The second kappa shape index (κ2) is 5.29. The maximum absolute atomic E-state index is 5.49. The predicted molar refractivity (Wildman–Crippen MR) is 85.8 cm³/mol. The zero-order valence-electron chi connectivity index (χ0n) is 11.8. The highest BCUT2D eigenvalue weighted by Gasteiger charge is 2.29. The Morgan fingerprint density at radius 2 is 1.95 bits per heavy atom. The van der Waals surface area contributed by atoms with Gasteiger partial charge in [0.25, 0.3) is 0 Å². The Labute approximate surface area is 125 Å². The first-order valence-corrected chi connectivity index (χ1v) is 7.31. The molecular weight excluding hydrogens is 266 g/mol. The lowest BCUT2D eigenvalue weighted by Gasteiger charge is -2.38. The number of fused-ring (bicyclic) bond motifs is 1. The van der Waals surface area contributed by atoms with Crippen molar-refractivity contribution in [2.45, 2.75) is 19.5 Å². The van der Waals surface area contributed by atoms with Crippen molar-refractivity contribution in [3.8, 4) is 0 Å². The molecule has 0 fully saturated rings. The molecule has 1 aliphatic heterocycles. The second-order valence-corrected chi connectivity index (χ2v) is 5.57. The molecule has 3 rings (SSSR count). The van der Waals surface area contributed by atoms with Gasteiger partial charge < -0.3 is 14.8 Å². The van der Waals surface area contributed by atoms with Gasteiger partial charge in [0.15, 0.2) is 5.11 Å². The zero-order chi connectivity index (χ0) is 14.1. The van der Waals surface area contributed by atoms with Crippen molar-refractivity contribution < 1.29 is 0 Å². The molecule has 0 spiro atoms. The molecular formula is C16H19N3S. The average molecular weight is 285 g/mol. The van der Waals surface area contributed by atoms with E-state index in [2.05, 4.69) is 64.3 Å². The van der Waals surface area contributed by atoms with Crippen LogP contribution in [0.3, 0.4) is 0 Å². The highest BCUT2D eigenvalue weighted by molar-refractivity contribution is 7.80. The quantitative estimate of drug-likeness (QED) is 0.814. The molecule has 0 bridgehead atoms. The fourth-order valence-corrected chi connectivity index (χ4v) is 3.04. The molecule has 0 saturated carbocycles. The van der Waals surface area contributed by atoms with Crippen LogP contribution in [0.15, 0.2) is 42.6 Å². The summed E-state index contributed by atoms with van der Waals surface area (Å²) >= 11 is 5.49. The maximum Gasteiger partial charge on any atom is 0.169 e. The van der Waals surface area contributed by atoms with Gasteiger partial charge in [0.05, 0.1) is 6.04 Å². The van der Waals surface area contributed by atoms with Gasteiger partial charge in [-0.3, -0.25) is 0 Å². The van der Waals surface area contributed by atoms with Crippen LogP contribution in [-0.2, 0) is 6.54 Å². The van der Waals surface area contributed by atoms with Crippen molar-refractivity contribution in [3.05, 3.63) is 59.4 Å². The number of hydrogen-bond acceptors (Lipinski definition) is 1. The lowest BCUT2D eigenvalue weighted by atomic mass is 9.99. The first kappa shape index (κ1) is 13.2. The Kier molecular flexibility index (Phi) is 3.49. The second-order valence-electron chi connectivity index (χ2n) is 5.19. The summed E-state index contributed by atoms with van der Waals surface area (Å²) in [6.45, 7) is 4.02. The van der Waals surface area contributed by atoms with E-state index in [1.54, 1.807) is 0 Å². The molecule has 1 aromatic carbocycles. The number of rotatable bonds is 1. The summed E-state index contributed by atoms with van der Waals surface area (Å²) in [4.78, 5) is 2.27. The molecule has 4 heteroatoms. The van der Waals surface area contributed by atoms with Crippen LogP contribution in [0.4, 0.5) is 0 Å². The molecule has 2 aromatic rings. The molecule has 0 aliphatic carbocycles. The van der Waals surface area contributed by atoms with Gasteiger partial charge in [0, 0.05) is 32.0 Å². The van der Waals surface area contributed by atoms with Gasteiger partial charge in [0.2, 0.25) is 0 Å². The fraction of sp³-hybridized carbons (Fsp3) is 0.312. The number of hydrogen-bond donors (Lipinski definition) is 1. The highest BCUT2D eigenvalue weighted by Crippen LogP contribution is 2.32. The lowest BCUT2D eigenvalue weighted by molar-refractivity contribution is 0.287. The Balaban J connectivity index is 2.06. The van der Waals surface area contributed by atoms with E-state index in [9.17, 15) is 0 Å². The third-order valence-electron chi connectivity index (χ3n) is 3.91. The van der Waals surface area contributed by atoms with E-state index in [0.29, 0.717) is 0 Å². The van der Waals surface area contributed by atoms with E-state index < -0.39 is 0 Å². The van der Waals surface area contributed by atoms with Gasteiger partial charge in [-0.05, 0) is 36.8 Å². The molecule has 0 unspecified atom stereocenters. The Morgan fingerprint density at radius 1 is 1.20 bits per heavy atom. The van der Waals surface area contributed by atoms with E-state index in [1.165, 1.54) is 16.8 Å². The molecule has 0 amide bonds. The minimum absolute atomic E-state index is 0.194. The molecule has 1 atom stereocenters. The molecule has 0 saturated heterocycles. The van der Waals surface area contributed by atoms with Crippen molar-refractivity contribution in [2.75, 3.05) is 13.6 Å². The van der Waals surface area contributed by atoms with Crippen molar-refractivity contribution in [2.24, 2.45) is 0 Å². The lowest BCUT2D eigenvalue weighted by Crippen LogP contribution is -2.46. The van der Waals surface area contributed by atoms with E-state index in [-0.39, 0.29) is 6.04 Å². The molecule has 3 nitrogen and oxygen atoms in total. The summed E-state index contributed by atoms with van der Waals surface area (Å²) < 4.78 is 2.32. The van der Waals surface area contributed by atoms with Crippen molar-refractivity contribution in [1.29, 1.82) is 0 Å². The summed E-state index contributed by atoms with van der Waals surface area (Å²) in [5.41, 5.74) is 3.87. The third-order valence-corrected chi connectivity index (χ3v) is 4.34. The Bertz CT molecular complexity index is 615. The van der Waals surface area contributed by atoms with Crippen LogP contribution in [0, 0.1) is 6.92 Å². The summed E-state index contributed by atoms with van der Waals surface area (Å²) in [5.74, 6) is 0. The summed E-state index contributed by atoms with van der Waals surface area (Å²) in [7, 11) is 1.89. The Hall–Kier alpha value is -1.81. The average Bonchev–Trinajstić information content (AvgIpc) is 2.95. The molecule has 0 radical (unpaired) electrons. The summed E-state index contributed by atoms with van der Waals surface area (Å²) in [5, 5.41) is 3.93. The van der Waals surface area contributed by atoms with E-state index in [1.807, 2.05) is 7.05 Å². The molecule has 20 heavy (non-hydrogen) atoms. The minimum atomic E-state index is 0.194. The van der Waals surface area contributed by atoms with E-state index >= 15 is 0 Å². The molecule has 2 heterocycles. The third kappa shape index (κ3) is 2.20.